The summed E-state index contributed by atoms with van der Waals surface area (Å²) in [5, 5.41) is 3.54. The summed E-state index contributed by atoms with van der Waals surface area (Å²) in [4.78, 5) is 18.1. The maximum atomic E-state index is 12.6. The van der Waals surface area contributed by atoms with E-state index in [0.29, 0.717) is 10.9 Å². The van der Waals surface area contributed by atoms with Crippen LogP contribution < -0.4 is 10.1 Å². The summed E-state index contributed by atoms with van der Waals surface area (Å²) >= 11 is 1.49. The van der Waals surface area contributed by atoms with Gasteiger partial charge in [0.05, 0.1) is 18.2 Å². The second-order valence-electron chi connectivity index (χ2n) is 5.44. The van der Waals surface area contributed by atoms with Crippen LogP contribution in [-0.4, -0.2) is 18.0 Å². The Morgan fingerprint density at radius 1 is 1.29 bits per heavy atom. The van der Waals surface area contributed by atoms with E-state index in [0.717, 1.165) is 16.1 Å². The molecule has 112 valence electrons. The molecule has 1 N–H and O–H groups in total. The van der Waals surface area contributed by atoms with Gasteiger partial charge in [-0.15, -0.1) is 11.3 Å². The first-order chi connectivity index (χ1) is 9.86. The van der Waals surface area contributed by atoms with Crippen LogP contribution in [0.1, 0.15) is 30.0 Å². The van der Waals surface area contributed by atoms with Crippen LogP contribution in [0.15, 0.2) is 24.3 Å². The predicted molar refractivity (Wildman–Crippen MR) is 86.2 cm³/mol. The molecule has 1 amide bonds. The minimum absolute atomic E-state index is 0.0965. The number of anilines is 1. The number of aromatic nitrogens is 1. The van der Waals surface area contributed by atoms with Crippen LogP contribution in [0.2, 0.25) is 0 Å². The van der Waals surface area contributed by atoms with Gasteiger partial charge in [-0.1, -0.05) is 18.2 Å². The van der Waals surface area contributed by atoms with Crippen molar-refractivity contribution in [2.24, 2.45) is 0 Å². The molecule has 0 fully saturated rings. The molecule has 1 aromatic carbocycles. The highest BCUT2D eigenvalue weighted by Gasteiger charge is 2.33. The Balaban J connectivity index is 2.28. The van der Waals surface area contributed by atoms with E-state index in [9.17, 15) is 4.79 Å². The van der Waals surface area contributed by atoms with Crippen LogP contribution in [0.25, 0.3) is 0 Å². The lowest BCUT2D eigenvalue weighted by atomic mass is 9.83. The SMILES string of the molecule is COc1ccccc1C(C)(C)C(=O)Nc1nc(C)c(C)s1. The van der Waals surface area contributed by atoms with E-state index in [-0.39, 0.29) is 5.91 Å². The van der Waals surface area contributed by atoms with E-state index in [4.69, 9.17) is 4.74 Å². The largest absolute Gasteiger partial charge is 0.496 e. The van der Waals surface area contributed by atoms with Crippen molar-refractivity contribution < 1.29 is 9.53 Å². The lowest BCUT2D eigenvalue weighted by Crippen LogP contribution is -2.35. The summed E-state index contributed by atoms with van der Waals surface area (Å²) in [5.74, 6) is 0.616. The summed E-state index contributed by atoms with van der Waals surface area (Å²) < 4.78 is 5.36. The van der Waals surface area contributed by atoms with Crippen LogP contribution in [0.4, 0.5) is 5.13 Å². The molecule has 4 nitrogen and oxygen atoms in total. The van der Waals surface area contributed by atoms with E-state index >= 15 is 0 Å². The van der Waals surface area contributed by atoms with Crippen molar-refractivity contribution in [3.8, 4) is 5.75 Å². The molecule has 0 aliphatic rings. The van der Waals surface area contributed by atoms with Crippen LogP contribution in [0, 0.1) is 13.8 Å². The van der Waals surface area contributed by atoms with Gasteiger partial charge in [0, 0.05) is 10.4 Å². The van der Waals surface area contributed by atoms with Crippen molar-refractivity contribution in [3.05, 3.63) is 40.4 Å². The molecule has 0 unspecified atom stereocenters. The second-order valence-corrected chi connectivity index (χ2v) is 6.64. The monoisotopic (exact) mass is 304 g/mol. The lowest BCUT2D eigenvalue weighted by Gasteiger charge is -2.25. The van der Waals surface area contributed by atoms with Crippen molar-refractivity contribution in [2.75, 3.05) is 12.4 Å². The lowest BCUT2D eigenvalue weighted by molar-refractivity contribution is -0.120. The molecular weight excluding hydrogens is 284 g/mol. The van der Waals surface area contributed by atoms with Crippen LogP contribution in [-0.2, 0) is 10.2 Å². The summed E-state index contributed by atoms with van der Waals surface area (Å²) in [6.07, 6.45) is 0. The molecule has 21 heavy (non-hydrogen) atoms. The Bertz CT molecular complexity index is 643. The van der Waals surface area contributed by atoms with Crippen LogP contribution in [0.5, 0.6) is 5.75 Å². The van der Waals surface area contributed by atoms with E-state index in [1.807, 2.05) is 52.0 Å². The minimum Gasteiger partial charge on any atom is -0.496 e. The number of thiazole rings is 1. The number of methoxy groups -OCH3 is 1. The number of aryl methyl sites for hydroxylation is 2. The van der Waals surface area contributed by atoms with Gasteiger partial charge in [-0.2, -0.15) is 0 Å². The Morgan fingerprint density at radius 2 is 1.95 bits per heavy atom. The molecule has 0 atom stereocenters. The molecule has 5 heteroatoms. The van der Waals surface area contributed by atoms with Crippen LogP contribution >= 0.6 is 11.3 Å². The fourth-order valence-corrected chi connectivity index (χ4v) is 2.87. The summed E-state index contributed by atoms with van der Waals surface area (Å²) in [6.45, 7) is 7.70. The number of rotatable bonds is 4. The standard InChI is InChI=1S/C16H20N2O2S/c1-10-11(2)21-15(17-10)18-14(19)16(3,4)12-8-6-7-9-13(12)20-5/h6-9H,1-5H3,(H,17,18,19). The average Bonchev–Trinajstić information content (AvgIpc) is 2.77. The number of para-hydroxylation sites is 1. The van der Waals surface area contributed by atoms with E-state index in [2.05, 4.69) is 10.3 Å². The molecule has 0 spiro atoms. The molecule has 0 saturated heterocycles. The van der Waals surface area contributed by atoms with Gasteiger partial charge in [0.1, 0.15) is 5.75 Å². The van der Waals surface area contributed by atoms with Gasteiger partial charge in [0.15, 0.2) is 5.13 Å². The first-order valence-electron chi connectivity index (χ1n) is 6.75. The van der Waals surface area contributed by atoms with E-state index in [1.165, 1.54) is 11.3 Å². The number of hydrogen-bond acceptors (Lipinski definition) is 4. The van der Waals surface area contributed by atoms with E-state index in [1.54, 1.807) is 7.11 Å². The predicted octanol–water partition coefficient (Wildman–Crippen LogP) is 3.68. The zero-order valence-corrected chi connectivity index (χ0v) is 13.8. The highest BCUT2D eigenvalue weighted by molar-refractivity contribution is 7.15. The molecule has 2 aromatic rings. The van der Waals surface area contributed by atoms with Crippen molar-refractivity contribution in [3.63, 3.8) is 0 Å². The number of amides is 1. The number of hydrogen-bond donors (Lipinski definition) is 1. The zero-order chi connectivity index (χ0) is 15.6. The topological polar surface area (TPSA) is 51.2 Å². The molecule has 0 aliphatic carbocycles. The smallest absolute Gasteiger partial charge is 0.236 e. The fraction of sp³-hybridized carbons (Fsp3) is 0.375. The maximum Gasteiger partial charge on any atom is 0.236 e. The third-order valence-electron chi connectivity index (χ3n) is 3.60. The van der Waals surface area contributed by atoms with E-state index < -0.39 is 5.41 Å². The first kappa shape index (κ1) is 15.5. The number of nitrogens with one attached hydrogen (secondary N) is 1. The summed E-state index contributed by atoms with van der Waals surface area (Å²) in [7, 11) is 1.61. The quantitative estimate of drug-likeness (QED) is 0.937. The fourth-order valence-electron chi connectivity index (χ4n) is 2.06. The van der Waals surface area contributed by atoms with Crippen molar-refractivity contribution >= 4 is 22.4 Å². The number of nitrogens with zero attached hydrogens (tertiary/aromatic N) is 1. The molecule has 1 heterocycles. The molecule has 2 rings (SSSR count). The molecular formula is C16H20N2O2S. The first-order valence-corrected chi connectivity index (χ1v) is 7.57. The van der Waals surface area contributed by atoms with Gasteiger partial charge >= 0.3 is 0 Å². The Kier molecular flexibility index (Phi) is 4.32. The summed E-state index contributed by atoms with van der Waals surface area (Å²) in [6, 6.07) is 7.58. The van der Waals surface area contributed by atoms with Gasteiger partial charge in [-0.05, 0) is 33.8 Å². The van der Waals surface area contributed by atoms with Gasteiger partial charge in [-0.3, -0.25) is 4.79 Å². The Morgan fingerprint density at radius 3 is 2.52 bits per heavy atom. The number of ether oxygens (including phenoxy) is 1. The zero-order valence-electron chi connectivity index (χ0n) is 13.0. The van der Waals surface area contributed by atoms with Gasteiger partial charge in [0.25, 0.3) is 0 Å². The van der Waals surface area contributed by atoms with Gasteiger partial charge in [-0.25, -0.2) is 4.98 Å². The average molecular weight is 304 g/mol. The molecule has 0 saturated carbocycles. The molecule has 1 aromatic heterocycles. The number of benzene rings is 1. The summed E-state index contributed by atoms with van der Waals surface area (Å²) in [5.41, 5.74) is 1.10. The van der Waals surface area contributed by atoms with Crippen molar-refractivity contribution in [1.82, 2.24) is 4.98 Å². The highest BCUT2D eigenvalue weighted by Crippen LogP contribution is 2.33. The molecule has 0 bridgehead atoms. The minimum atomic E-state index is -0.708. The van der Waals surface area contributed by atoms with Crippen molar-refractivity contribution in [2.45, 2.75) is 33.1 Å². The Hall–Kier alpha value is -1.88. The molecule has 0 radical (unpaired) electrons. The normalized spacial score (nSPS) is 11.3. The van der Waals surface area contributed by atoms with Crippen LogP contribution in [0.3, 0.4) is 0 Å². The third kappa shape index (κ3) is 3.08. The van der Waals surface area contributed by atoms with Crippen molar-refractivity contribution in [1.29, 1.82) is 0 Å². The maximum absolute atomic E-state index is 12.6. The molecule has 0 aliphatic heterocycles. The number of carbonyl (C=O) groups is 1. The second kappa shape index (κ2) is 5.85. The number of carbonyl (C=O) groups excluding carboxylic acids is 1. The van der Waals surface area contributed by atoms with Gasteiger partial charge < -0.3 is 10.1 Å². The van der Waals surface area contributed by atoms with Gasteiger partial charge in [0.2, 0.25) is 5.91 Å². The Labute approximate surface area is 129 Å². The highest BCUT2D eigenvalue weighted by atomic mass is 32.1. The third-order valence-corrected chi connectivity index (χ3v) is 4.59.